The van der Waals surface area contributed by atoms with E-state index in [0.29, 0.717) is 12.3 Å². The molecule has 0 saturated heterocycles. The monoisotopic (exact) mass is 323 g/mol. The molecule has 5 nitrogen and oxygen atoms in total. The second kappa shape index (κ2) is 8.77. The lowest BCUT2D eigenvalue weighted by Crippen LogP contribution is -2.46. The van der Waals surface area contributed by atoms with E-state index in [-0.39, 0.29) is 0 Å². The van der Waals surface area contributed by atoms with Gasteiger partial charge in [-0.3, -0.25) is 4.79 Å². The molecular weight excluding hydrogens is 294 g/mol. The van der Waals surface area contributed by atoms with Gasteiger partial charge in [0.2, 0.25) is 0 Å². The van der Waals surface area contributed by atoms with Crippen LogP contribution in [0, 0.1) is 5.92 Å². The van der Waals surface area contributed by atoms with E-state index in [9.17, 15) is 4.79 Å². The Bertz CT molecular complexity index is 514. The number of carbonyl (C=O) groups is 1. The second-order valence-corrected chi connectivity index (χ2v) is 6.25. The predicted octanol–water partition coefficient (Wildman–Crippen LogP) is 3.24. The number of ether oxygens (including phenoxy) is 2. The van der Waals surface area contributed by atoms with Crippen molar-refractivity contribution in [1.82, 2.24) is 0 Å². The van der Waals surface area contributed by atoms with E-state index in [1.165, 1.54) is 0 Å². The van der Waals surface area contributed by atoms with Crippen LogP contribution in [-0.4, -0.2) is 30.8 Å². The molecule has 1 rings (SSSR count). The number of nitrogens with two attached hydrogens (primary N) is 1. The lowest BCUT2D eigenvalue weighted by atomic mass is 9.85. The number of para-hydroxylation sites is 1. The van der Waals surface area contributed by atoms with Crippen molar-refractivity contribution in [3.63, 3.8) is 0 Å². The third-order valence-corrected chi connectivity index (χ3v) is 4.32. The zero-order valence-electron chi connectivity index (χ0n) is 14.6. The molecule has 0 heterocycles. The Morgan fingerprint density at radius 2 is 2.04 bits per heavy atom. The first-order valence-corrected chi connectivity index (χ1v) is 8.07. The fraction of sp³-hybridized carbons (Fsp3) is 0.611. The van der Waals surface area contributed by atoms with Gasteiger partial charge >= 0.3 is 5.97 Å². The molecular formula is C18H29NO4. The van der Waals surface area contributed by atoms with E-state index in [0.717, 1.165) is 42.7 Å². The lowest BCUT2D eigenvalue weighted by Gasteiger charge is -2.25. The fourth-order valence-electron chi connectivity index (χ4n) is 2.87. The van der Waals surface area contributed by atoms with E-state index in [1.807, 2.05) is 18.2 Å². The molecule has 1 aromatic carbocycles. The maximum atomic E-state index is 11.2. The Morgan fingerprint density at radius 1 is 1.35 bits per heavy atom. The number of hydrogen-bond donors (Lipinski definition) is 2. The van der Waals surface area contributed by atoms with Crippen molar-refractivity contribution in [3.05, 3.63) is 23.8 Å². The van der Waals surface area contributed by atoms with Crippen molar-refractivity contribution < 1.29 is 19.4 Å². The zero-order chi connectivity index (χ0) is 17.5. The average Bonchev–Trinajstić information content (AvgIpc) is 2.53. The maximum Gasteiger partial charge on any atom is 0.323 e. The third-order valence-electron chi connectivity index (χ3n) is 4.32. The topological polar surface area (TPSA) is 81.8 Å². The number of aryl methyl sites for hydroxylation is 1. The fourth-order valence-corrected chi connectivity index (χ4v) is 2.87. The smallest absolute Gasteiger partial charge is 0.323 e. The van der Waals surface area contributed by atoms with E-state index in [1.54, 1.807) is 21.1 Å². The average molecular weight is 323 g/mol. The number of carboxylic acids is 1. The lowest BCUT2D eigenvalue weighted by molar-refractivity contribution is -0.143. The van der Waals surface area contributed by atoms with Crippen molar-refractivity contribution >= 4 is 5.97 Å². The van der Waals surface area contributed by atoms with Gasteiger partial charge in [-0.1, -0.05) is 31.9 Å². The van der Waals surface area contributed by atoms with E-state index in [4.69, 9.17) is 20.3 Å². The Kier molecular flexibility index (Phi) is 7.36. The van der Waals surface area contributed by atoms with Crippen LogP contribution in [0.3, 0.4) is 0 Å². The molecule has 0 saturated carbocycles. The number of carboxylic acid groups (broad SMARTS) is 1. The minimum atomic E-state index is -1.16. The van der Waals surface area contributed by atoms with Gasteiger partial charge in [0, 0.05) is 0 Å². The Labute approximate surface area is 138 Å². The molecule has 0 amide bonds. The molecule has 0 radical (unpaired) electrons. The summed E-state index contributed by atoms with van der Waals surface area (Å²) in [6.07, 6.45) is 4.18. The SMILES string of the molecule is CCC(CCCc1cccc(OC)c1OC)CC(C)(N)C(=O)O. The standard InChI is InChI=1S/C18H29NO4/c1-5-13(12-18(2,19)17(20)21)8-6-9-14-10-7-11-15(22-3)16(14)23-4/h7,10-11,13H,5-6,8-9,12,19H2,1-4H3,(H,20,21). The van der Waals surface area contributed by atoms with Crippen LogP contribution in [0.25, 0.3) is 0 Å². The predicted molar refractivity (Wildman–Crippen MR) is 91.1 cm³/mol. The van der Waals surface area contributed by atoms with Gasteiger partial charge < -0.3 is 20.3 Å². The number of methoxy groups -OCH3 is 2. The normalized spacial score (nSPS) is 14.8. The maximum absolute atomic E-state index is 11.2. The molecule has 0 bridgehead atoms. The van der Waals surface area contributed by atoms with E-state index in [2.05, 4.69) is 6.92 Å². The number of benzene rings is 1. The molecule has 2 unspecified atom stereocenters. The summed E-state index contributed by atoms with van der Waals surface area (Å²) in [4.78, 5) is 11.2. The Balaban J connectivity index is 2.63. The summed E-state index contributed by atoms with van der Waals surface area (Å²) >= 11 is 0. The third kappa shape index (κ3) is 5.43. The minimum Gasteiger partial charge on any atom is -0.493 e. The quantitative estimate of drug-likeness (QED) is 0.691. The highest BCUT2D eigenvalue weighted by Crippen LogP contribution is 2.32. The first-order chi connectivity index (χ1) is 10.9. The Hall–Kier alpha value is -1.75. The highest BCUT2D eigenvalue weighted by molar-refractivity contribution is 5.77. The zero-order valence-corrected chi connectivity index (χ0v) is 14.6. The molecule has 0 aliphatic rings. The van der Waals surface area contributed by atoms with Crippen LogP contribution in [0.15, 0.2) is 18.2 Å². The van der Waals surface area contributed by atoms with Crippen LogP contribution >= 0.6 is 0 Å². The molecule has 0 aliphatic carbocycles. The van der Waals surface area contributed by atoms with Crippen LogP contribution in [0.4, 0.5) is 0 Å². The molecule has 0 spiro atoms. The first kappa shape index (κ1) is 19.3. The van der Waals surface area contributed by atoms with Gasteiger partial charge in [-0.25, -0.2) is 0 Å². The van der Waals surface area contributed by atoms with E-state index >= 15 is 0 Å². The minimum absolute atomic E-state index is 0.303. The summed E-state index contributed by atoms with van der Waals surface area (Å²) in [5.74, 6) is 0.873. The molecule has 5 heteroatoms. The van der Waals surface area contributed by atoms with Gasteiger partial charge in [0.05, 0.1) is 14.2 Å². The van der Waals surface area contributed by atoms with Crippen molar-refractivity contribution in [2.24, 2.45) is 11.7 Å². The van der Waals surface area contributed by atoms with Gasteiger partial charge in [0.1, 0.15) is 5.54 Å². The molecule has 1 aromatic rings. The first-order valence-electron chi connectivity index (χ1n) is 8.07. The van der Waals surface area contributed by atoms with Gasteiger partial charge in [0.15, 0.2) is 11.5 Å². The largest absolute Gasteiger partial charge is 0.493 e. The molecule has 2 atom stereocenters. The van der Waals surface area contributed by atoms with Crippen LogP contribution in [-0.2, 0) is 11.2 Å². The summed E-state index contributed by atoms with van der Waals surface area (Å²) in [6, 6.07) is 5.87. The molecule has 3 N–H and O–H groups in total. The molecule has 0 aromatic heterocycles. The van der Waals surface area contributed by atoms with Gasteiger partial charge in [-0.05, 0) is 43.7 Å². The number of aliphatic carboxylic acids is 1. The van der Waals surface area contributed by atoms with Crippen molar-refractivity contribution in [1.29, 1.82) is 0 Å². The molecule has 0 aliphatic heterocycles. The molecule has 130 valence electrons. The highest BCUT2D eigenvalue weighted by atomic mass is 16.5. The number of hydrogen-bond acceptors (Lipinski definition) is 4. The van der Waals surface area contributed by atoms with Crippen molar-refractivity contribution in [2.75, 3.05) is 14.2 Å². The summed E-state index contributed by atoms with van der Waals surface area (Å²) in [6.45, 7) is 3.66. The number of rotatable bonds is 10. The summed E-state index contributed by atoms with van der Waals surface area (Å²) in [5, 5.41) is 9.16. The summed E-state index contributed by atoms with van der Waals surface area (Å²) < 4.78 is 10.8. The van der Waals surface area contributed by atoms with E-state index < -0.39 is 11.5 Å². The van der Waals surface area contributed by atoms with Gasteiger partial charge in [0.25, 0.3) is 0 Å². The van der Waals surface area contributed by atoms with Crippen molar-refractivity contribution in [3.8, 4) is 11.5 Å². The molecule has 23 heavy (non-hydrogen) atoms. The Morgan fingerprint density at radius 3 is 2.57 bits per heavy atom. The van der Waals surface area contributed by atoms with Gasteiger partial charge in [-0.15, -0.1) is 0 Å². The van der Waals surface area contributed by atoms with Crippen LogP contribution in [0.2, 0.25) is 0 Å². The van der Waals surface area contributed by atoms with Crippen LogP contribution < -0.4 is 15.2 Å². The van der Waals surface area contributed by atoms with Crippen LogP contribution in [0.1, 0.15) is 45.1 Å². The van der Waals surface area contributed by atoms with Crippen LogP contribution in [0.5, 0.6) is 11.5 Å². The highest BCUT2D eigenvalue weighted by Gasteiger charge is 2.30. The van der Waals surface area contributed by atoms with Crippen molar-refractivity contribution in [2.45, 2.75) is 51.5 Å². The summed E-state index contributed by atoms with van der Waals surface area (Å²) in [7, 11) is 3.27. The second-order valence-electron chi connectivity index (χ2n) is 6.25. The molecule has 0 fully saturated rings. The summed E-state index contributed by atoms with van der Waals surface area (Å²) in [5.41, 5.74) is 5.81. The van der Waals surface area contributed by atoms with Gasteiger partial charge in [-0.2, -0.15) is 0 Å².